The van der Waals surface area contributed by atoms with Crippen LogP contribution in [0, 0.1) is 0 Å². The van der Waals surface area contributed by atoms with E-state index >= 15 is 0 Å². The zero-order valence-electron chi connectivity index (χ0n) is 26.5. The number of guanidine groups is 1. The molecule has 0 spiro atoms. The van der Waals surface area contributed by atoms with Gasteiger partial charge in [-0.15, -0.1) is 11.6 Å². The Hall–Kier alpha value is -4.92. The molecule has 0 radical (unpaired) electrons. The number of amides is 5. The van der Waals surface area contributed by atoms with Crippen LogP contribution in [0.3, 0.4) is 0 Å². The molecule has 48 heavy (non-hydrogen) atoms. The third-order valence-corrected chi connectivity index (χ3v) is 8.22. The molecule has 3 rings (SSSR count). The second-order valence-electron chi connectivity index (χ2n) is 11.6. The molecule has 0 aromatic heterocycles. The van der Waals surface area contributed by atoms with Crippen molar-refractivity contribution in [1.29, 1.82) is 0 Å². The number of benzene rings is 2. The van der Waals surface area contributed by atoms with Crippen molar-refractivity contribution in [2.24, 2.45) is 22.2 Å². The predicted octanol–water partition coefficient (Wildman–Crippen LogP) is -0.140. The Morgan fingerprint density at radius 2 is 1.65 bits per heavy atom. The maximum absolute atomic E-state index is 13.9. The molecular formula is C32H43ClN8O7. The van der Waals surface area contributed by atoms with E-state index in [1.165, 1.54) is 4.90 Å². The van der Waals surface area contributed by atoms with Gasteiger partial charge in [-0.05, 0) is 54.9 Å². The van der Waals surface area contributed by atoms with E-state index in [1.807, 2.05) is 42.5 Å². The molecular weight excluding hydrogens is 644 g/mol. The molecule has 4 atom stereocenters. The Morgan fingerprint density at radius 1 is 0.917 bits per heavy atom. The molecule has 10 N–H and O–H groups in total. The molecule has 4 unspecified atom stereocenters. The topological polar surface area (TPSA) is 252 Å². The molecule has 2 aromatic carbocycles. The molecule has 0 bridgehead atoms. The largest absolute Gasteiger partial charge is 0.481 e. The number of nitrogens with two attached hydrogens (primary N) is 3. The van der Waals surface area contributed by atoms with Gasteiger partial charge in [0.1, 0.15) is 30.0 Å². The Kier molecular flexibility index (Phi) is 14.4. The van der Waals surface area contributed by atoms with Crippen molar-refractivity contribution in [2.75, 3.05) is 19.0 Å². The lowest BCUT2D eigenvalue weighted by Gasteiger charge is -2.37. The highest BCUT2D eigenvalue weighted by Gasteiger charge is 2.38. The Bertz CT molecular complexity index is 1520. The van der Waals surface area contributed by atoms with Gasteiger partial charge in [-0.25, -0.2) is 0 Å². The first-order chi connectivity index (χ1) is 22.9. The molecule has 1 heterocycles. The monoisotopic (exact) mass is 686 g/mol. The van der Waals surface area contributed by atoms with Crippen LogP contribution in [0.4, 0.5) is 0 Å². The number of carboxylic acid groups (broad SMARTS) is 1. The summed E-state index contributed by atoms with van der Waals surface area (Å²) in [5, 5.41) is 19.0. The number of alkyl halides is 1. The number of halogens is 1. The van der Waals surface area contributed by atoms with Gasteiger partial charge in [0, 0.05) is 25.9 Å². The van der Waals surface area contributed by atoms with Crippen LogP contribution in [0.25, 0.3) is 10.8 Å². The number of fused-ring (bicyclic) bond motifs is 1. The van der Waals surface area contributed by atoms with Crippen molar-refractivity contribution in [3.8, 4) is 0 Å². The fraction of sp³-hybridized carbons (Fsp3) is 0.469. The molecule has 16 heteroatoms. The minimum Gasteiger partial charge on any atom is -0.481 e. The van der Waals surface area contributed by atoms with Gasteiger partial charge >= 0.3 is 5.97 Å². The van der Waals surface area contributed by atoms with Crippen molar-refractivity contribution in [2.45, 2.75) is 75.5 Å². The summed E-state index contributed by atoms with van der Waals surface area (Å²) in [6.07, 6.45) is 1.39. The second-order valence-corrected chi connectivity index (χ2v) is 11.9. The fourth-order valence-electron chi connectivity index (χ4n) is 5.57. The fourth-order valence-corrected chi connectivity index (χ4v) is 5.64. The molecule has 0 saturated carbocycles. The molecule has 260 valence electrons. The zero-order chi connectivity index (χ0) is 35.2. The first-order valence-corrected chi connectivity index (χ1v) is 16.2. The molecule has 5 amide bonds. The minimum atomic E-state index is -1.22. The Labute approximate surface area is 283 Å². The summed E-state index contributed by atoms with van der Waals surface area (Å²) in [4.78, 5) is 82.0. The van der Waals surface area contributed by atoms with Crippen LogP contribution in [0.15, 0.2) is 47.5 Å². The average Bonchev–Trinajstić information content (AvgIpc) is 3.06. The summed E-state index contributed by atoms with van der Waals surface area (Å²) in [7, 11) is 0. The lowest BCUT2D eigenvalue weighted by Crippen LogP contribution is -2.60. The number of aliphatic imine (C=N–C) groups is 1. The number of piperidine rings is 1. The Balaban J connectivity index is 1.86. The summed E-state index contributed by atoms with van der Waals surface area (Å²) >= 11 is 5.62. The van der Waals surface area contributed by atoms with Gasteiger partial charge in [-0.2, -0.15) is 0 Å². The summed E-state index contributed by atoms with van der Waals surface area (Å²) in [5.41, 5.74) is 17.0. The number of rotatable bonds is 17. The van der Waals surface area contributed by atoms with Crippen LogP contribution in [0.5, 0.6) is 0 Å². The van der Waals surface area contributed by atoms with E-state index in [2.05, 4.69) is 20.9 Å². The van der Waals surface area contributed by atoms with Crippen molar-refractivity contribution in [1.82, 2.24) is 20.9 Å². The summed E-state index contributed by atoms with van der Waals surface area (Å²) in [5.74, 6) is -5.05. The van der Waals surface area contributed by atoms with E-state index in [1.54, 1.807) is 0 Å². The van der Waals surface area contributed by atoms with Gasteiger partial charge in [-0.1, -0.05) is 42.5 Å². The summed E-state index contributed by atoms with van der Waals surface area (Å²) in [6, 6.07) is 8.80. The SMILES string of the molecule is NC(=O)C(CCCN=C(N)N)NC(=O)C(Cc1ccc2ccccc2c1)NC(=O)C1CCCCN1C(=O)C(CCC(=O)O)NC(=O)CCl. The number of carboxylic acids is 1. The van der Waals surface area contributed by atoms with E-state index < -0.39 is 72.0 Å². The highest BCUT2D eigenvalue weighted by Crippen LogP contribution is 2.21. The number of primary amides is 1. The smallest absolute Gasteiger partial charge is 0.303 e. The molecule has 1 aliphatic rings. The number of nitrogens with one attached hydrogen (secondary N) is 3. The number of likely N-dealkylation sites (tertiary alicyclic amines) is 1. The first kappa shape index (κ1) is 37.5. The number of hydrogen-bond acceptors (Lipinski definition) is 7. The van der Waals surface area contributed by atoms with Crippen molar-refractivity contribution >= 4 is 63.8 Å². The predicted molar refractivity (Wildman–Crippen MR) is 179 cm³/mol. The number of carbonyl (C=O) groups excluding carboxylic acids is 5. The normalized spacial score (nSPS) is 16.2. The minimum absolute atomic E-state index is 0.0512. The van der Waals surface area contributed by atoms with E-state index in [0.717, 1.165) is 16.3 Å². The van der Waals surface area contributed by atoms with E-state index in [0.29, 0.717) is 19.3 Å². The van der Waals surface area contributed by atoms with Gasteiger partial charge < -0.3 is 43.2 Å². The first-order valence-electron chi connectivity index (χ1n) is 15.7. The highest BCUT2D eigenvalue weighted by molar-refractivity contribution is 6.27. The summed E-state index contributed by atoms with van der Waals surface area (Å²) < 4.78 is 0. The Morgan fingerprint density at radius 3 is 2.31 bits per heavy atom. The van der Waals surface area contributed by atoms with Gasteiger partial charge in [0.25, 0.3) is 0 Å². The van der Waals surface area contributed by atoms with Crippen molar-refractivity contribution in [3.63, 3.8) is 0 Å². The van der Waals surface area contributed by atoms with Gasteiger partial charge in [0.05, 0.1) is 0 Å². The number of nitrogens with zero attached hydrogens (tertiary/aromatic N) is 2. The van der Waals surface area contributed by atoms with Crippen LogP contribution < -0.4 is 33.2 Å². The number of aliphatic carboxylic acids is 1. The van der Waals surface area contributed by atoms with Gasteiger partial charge in [0.15, 0.2) is 5.96 Å². The number of hydrogen-bond donors (Lipinski definition) is 7. The third kappa shape index (κ3) is 11.4. The molecule has 0 aliphatic carbocycles. The lowest BCUT2D eigenvalue weighted by atomic mass is 9.97. The van der Waals surface area contributed by atoms with Crippen molar-refractivity contribution < 1.29 is 33.9 Å². The van der Waals surface area contributed by atoms with Crippen LogP contribution in [-0.2, 0) is 35.2 Å². The van der Waals surface area contributed by atoms with Gasteiger partial charge in [-0.3, -0.25) is 33.8 Å². The lowest BCUT2D eigenvalue weighted by molar-refractivity contribution is -0.146. The van der Waals surface area contributed by atoms with Crippen LogP contribution in [0.2, 0.25) is 0 Å². The standard InChI is InChI=1S/C32H43ClN8O7/c33-18-26(42)38-23(12-13-27(43)44)31(48)41-15-4-3-9-25(41)30(47)40-24(17-19-10-11-20-6-1-2-7-21(20)16-19)29(46)39-22(28(34)45)8-5-14-37-32(35)36/h1-2,6-7,10-11,16,22-25H,3-5,8-9,12-15,17-18H2,(H2,34,45)(H,38,42)(H,39,46)(H,40,47)(H,43,44)(H4,35,36,37). The second kappa shape index (κ2) is 18.4. The molecule has 15 nitrogen and oxygen atoms in total. The average molecular weight is 687 g/mol. The van der Waals surface area contributed by atoms with Crippen LogP contribution in [0.1, 0.15) is 50.5 Å². The van der Waals surface area contributed by atoms with Crippen molar-refractivity contribution in [3.05, 3.63) is 48.0 Å². The highest BCUT2D eigenvalue weighted by atomic mass is 35.5. The third-order valence-electron chi connectivity index (χ3n) is 7.98. The molecule has 1 aliphatic heterocycles. The zero-order valence-corrected chi connectivity index (χ0v) is 27.3. The quantitative estimate of drug-likeness (QED) is 0.0505. The van der Waals surface area contributed by atoms with E-state index in [4.69, 9.17) is 28.8 Å². The van der Waals surface area contributed by atoms with Crippen LogP contribution >= 0.6 is 11.6 Å². The van der Waals surface area contributed by atoms with Crippen LogP contribution in [-0.4, -0.2) is 94.6 Å². The van der Waals surface area contributed by atoms with Gasteiger partial charge in [0.2, 0.25) is 29.5 Å². The number of carbonyl (C=O) groups is 6. The maximum Gasteiger partial charge on any atom is 0.303 e. The molecule has 1 fully saturated rings. The molecule has 2 aromatic rings. The molecule has 1 saturated heterocycles. The van der Waals surface area contributed by atoms with E-state index in [9.17, 15) is 33.9 Å². The maximum atomic E-state index is 13.9. The summed E-state index contributed by atoms with van der Waals surface area (Å²) in [6.45, 7) is 0.391. The van der Waals surface area contributed by atoms with E-state index in [-0.39, 0.29) is 44.7 Å².